The Labute approximate surface area is 70.7 Å². The van der Waals surface area contributed by atoms with Gasteiger partial charge in [0.1, 0.15) is 0 Å². The van der Waals surface area contributed by atoms with E-state index in [9.17, 15) is 0 Å². The number of hydrogen-bond donors (Lipinski definition) is 0. The van der Waals surface area contributed by atoms with Crippen molar-refractivity contribution in [3.63, 3.8) is 0 Å². The summed E-state index contributed by atoms with van der Waals surface area (Å²) in [5.41, 5.74) is 0. The third-order valence-corrected chi connectivity index (χ3v) is 2.67. The molecule has 1 aliphatic carbocycles. The number of allylic oxidation sites excluding steroid dienone is 2. The quantitative estimate of drug-likeness (QED) is 0.529. The molecule has 2 atom stereocenters. The average molecular weight is 151 g/mol. The first-order chi connectivity index (χ1) is 5.34. The lowest BCUT2D eigenvalue weighted by molar-refractivity contribution is 0.423. The third kappa shape index (κ3) is 2.69. The standard InChI is InChI=1S/C11H19/c1-3-10(2)11-8-6-4-5-7-9-11/h6,8,10-11H,2-5,7,9H2,1H3. The lowest BCUT2D eigenvalue weighted by Gasteiger charge is -2.17. The minimum absolute atomic E-state index is 0.643. The summed E-state index contributed by atoms with van der Waals surface area (Å²) in [6.45, 7) is 6.40. The van der Waals surface area contributed by atoms with Crippen LogP contribution in [0.3, 0.4) is 0 Å². The third-order valence-electron chi connectivity index (χ3n) is 2.67. The van der Waals surface area contributed by atoms with E-state index in [-0.39, 0.29) is 0 Å². The van der Waals surface area contributed by atoms with Crippen LogP contribution in [0.5, 0.6) is 0 Å². The molecule has 0 bridgehead atoms. The molecule has 1 rings (SSSR count). The molecule has 0 aromatic rings. The van der Waals surface area contributed by atoms with Crippen molar-refractivity contribution in [2.75, 3.05) is 0 Å². The Morgan fingerprint density at radius 2 is 2.36 bits per heavy atom. The van der Waals surface area contributed by atoms with Gasteiger partial charge in [-0.05, 0) is 38.0 Å². The second kappa shape index (κ2) is 4.58. The van der Waals surface area contributed by atoms with E-state index in [2.05, 4.69) is 26.0 Å². The monoisotopic (exact) mass is 151 g/mol. The van der Waals surface area contributed by atoms with Gasteiger partial charge in [0.15, 0.2) is 0 Å². The molecule has 0 N–H and O–H groups in total. The van der Waals surface area contributed by atoms with Gasteiger partial charge in [-0.3, -0.25) is 0 Å². The van der Waals surface area contributed by atoms with Gasteiger partial charge in [0, 0.05) is 0 Å². The van der Waals surface area contributed by atoms with E-state index in [1.54, 1.807) is 0 Å². The van der Waals surface area contributed by atoms with Crippen molar-refractivity contribution in [1.82, 2.24) is 0 Å². The zero-order valence-electron chi connectivity index (χ0n) is 7.55. The van der Waals surface area contributed by atoms with Crippen LogP contribution in [0.25, 0.3) is 0 Å². The molecule has 0 heterocycles. The van der Waals surface area contributed by atoms with Crippen molar-refractivity contribution >= 4 is 0 Å². The van der Waals surface area contributed by atoms with Crippen LogP contribution in [-0.2, 0) is 0 Å². The van der Waals surface area contributed by atoms with Crippen LogP contribution in [0.4, 0.5) is 0 Å². The SMILES string of the molecule is [CH2]C(CC)C1C=CCCCC1. The van der Waals surface area contributed by atoms with Crippen LogP contribution < -0.4 is 0 Å². The zero-order chi connectivity index (χ0) is 8.10. The summed E-state index contributed by atoms with van der Waals surface area (Å²) in [5.74, 6) is 1.41. The molecule has 0 aromatic heterocycles. The minimum Gasteiger partial charge on any atom is -0.0882 e. The summed E-state index contributed by atoms with van der Waals surface area (Å²) in [6.07, 6.45) is 11.4. The maximum Gasteiger partial charge on any atom is -0.0205 e. The summed E-state index contributed by atoms with van der Waals surface area (Å²) in [6, 6.07) is 0. The highest BCUT2D eigenvalue weighted by Crippen LogP contribution is 2.25. The van der Waals surface area contributed by atoms with Crippen molar-refractivity contribution in [2.24, 2.45) is 11.8 Å². The molecular formula is C11H19. The van der Waals surface area contributed by atoms with Gasteiger partial charge >= 0.3 is 0 Å². The highest BCUT2D eigenvalue weighted by molar-refractivity contribution is 4.94. The van der Waals surface area contributed by atoms with E-state index in [4.69, 9.17) is 0 Å². The highest BCUT2D eigenvalue weighted by Gasteiger charge is 2.13. The van der Waals surface area contributed by atoms with Gasteiger partial charge in [-0.1, -0.05) is 31.9 Å². The van der Waals surface area contributed by atoms with Gasteiger partial charge in [-0.25, -0.2) is 0 Å². The molecule has 0 aromatic carbocycles. The van der Waals surface area contributed by atoms with Crippen LogP contribution in [0, 0.1) is 18.8 Å². The largest absolute Gasteiger partial charge is 0.0882 e. The lowest BCUT2D eigenvalue weighted by Crippen LogP contribution is -2.07. The van der Waals surface area contributed by atoms with Crippen molar-refractivity contribution in [1.29, 1.82) is 0 Å². The van der Waals surface area contributed by atoms with Crippen LogP contribution in [0.15, 0.2) is 12.2 Å². The predicted molar refractivity (Wildman–Crippen MR) is 50.2 cm³/mol. The minimum atomic E-state index is 0.643. The Balaban J connectivity index is 2.41. The normalized spacial score (nSPS) is 28.0. The van der Waals surface area contributed by atoms with Crippen LogP contribution in [0.2, 0.25) is 0 Å². The maximum atomic E-state index is 4.17. The smallest absolute Gasteiger partial charge is 0.0205 e. The van der Waals surface area contributed by atoms with Crippen molar-refractivity contribution in [3.8, 4) is 0 Å². The van der Waals surface area contributed by atoms with Gasteiger partial charge in [-0.2, -0.15) is 0 Å². The summed E-state index contributed by atoms with van der Waals surface area (Å²) in [4.78, 5) is 0. The second-order valence-electron chi connectivity index (χ2n) is 3.54. The zero-order valence-corrected chi connectivity index (χ0v) is 7.55. The second-order valence-corrected chi connectivity index (χ2v) is 3.54. The first-order valence-corrected chi connectivity index (χ1v) is 4.84. The van der Waals surface area contributed by atoms with E-state index in [0.717, 1.165) is 5.92 Å². The summed E-state index contributed by atoms with van der Waals surface area (Å²) < 4.78 is 0. The molecule has 0 spiro atoms. The Morgan fingerprint density at radius 3 is 3.09 bits per heavy atom. The van der Waals surface area contributed by atoms with E-state index in [1.165, 1.54) is 32.1 Å². The predicted octanol–water partition coefficient (Wildman–Crippen LogP) is 3.59. The Morgan fingerprint density at radius 1 is 1.55 bits per heavy atom. The molecule has 2 unspecified atom stereocenters. The van der Waals surface area contributed by atoms with Crippen LogP contribution in [-0.4, -0.2) is 0 Å². The molecule has 0 aliphatic heterocycles. The molecule has 0 heteroatoms. The molecule has 0 saturated carbocycles. The molecule has 1 radical (unpaired) electrons. The fourth-order valence-corrected chi connectivity index (χ4v) is 1.71. The number of hydrogen-bond acceptors (Lipinski definition) is 0. The molecule has 0 nitrogen and oxygen atoms in total. The van der Waals surface area contributed by atoms with Gasteiger partial charge in [0.25, 0.3) is 0 Å². The van der Waals surface area contributed by atoms with Crippen molar-refractivity contribution < 1.29 is 0 Å². The Hall–Kier alpha value is -0.260. The fraction of sp³-hybridized carbons (Fsp3) is 0.727. The Kier molecular flexibility index (Phi) is 3.68. The van der Waals surface area contributed by atoms with Gasteiger partial charge in [-0.15, -0.1) is 0 Å². The average Bonchev–Trinajstić information content (AvgIpc) is 2.30. The van der Waals surface area contributed by atoms with Gasteiger partial charge in [0.05, 0.1) is 0 Å². The molecule has 11 heavy (non-hydrogen) atoms. The van der Waals surface area contributed by atoms with E-state index in [1.807, 2.05) is 0 Å². The van der Waals surface area contributed by atoms with E-state index >= 15 is 0 Å². The van der Waals surface area contributed by atoms with Crippen LogP contribution >= 0.6 is 0 Å². The summed E-state index contributed by atoms with van der Waals surface area (Å²) >= 11 is 0. The molecule has 0 fully saturated rings. The number of rotatable bonds is 2. The first-order valence-electron chi connectivity index (χ1n) is 4.84. The van der Waals surface area contributed by atoms with Crippen molar-refractivity contribution in [2.45, 2.75) is 39.0 Å². The van der Waals surface area contributed by atoms with Gasteiger partial charge in [0.2, 0.25) is 0 Å². The van der Waals surface area contributed by atoms with Crippen molar-refractivity contribution in [3.05, 3.63) is 19.1 Å². The maximum absolute atomic E-state index is 4.17. The molecule has 0 saturated heterocycles. The highest BCUT2D eigenvalue weighted by atomic mass is 14.2. The fourth-order valence-electron chi connectivity index (χ4n) is 1.71. The van der Waals surface area contributed by atoms with E-state index < -0.39 is 0 Å². The molecule has 1 aliphatic rings. The molecule has 0 amide bonds. The molecular weight excluding hydrogens is 132 g/mol. The van der Waals surface area contributed by atoms with E-state index in [0.29, 0.717) is 5.92 Å². The summed E-state index contributed by atoms with van der Waals surface area (Å²) in [5, 5.41) is 0. The van der Waals surface area contributed by atoms with Crippen LogP contribution in [0.1, 0.15) is 39.0 Å². The van der Waals surface area contributed by atoms with Gasteiger partial charge < -0.3 is 0 Å². The Bertz CT molecular complexity index is 124. The summed E-state index contributed by atoms with van der Waals surface area (Å²) in [7, 11) is 0. The molecule has 63 valence electrons. The topological polar surface area (TPSA) is 0 Å². The lowest BCUT2D eigenvalue weighted by atomic mass is 9.88. The first kappa shape index (κ1) is 8.83.